The molecule has 0 aliphatic carbocycles. The highest BCUT2D eigenvalue weighted by molar-refractivity contribution is 7.80. The van der Waals surface area contributed by atoms with Crippen LogP contribution in [0.5, 0.6) is 11.5 Å². The molecule has 1 aromatic carbocycles. The Balaban J connectivity index is 1.55. The van der Waals surface area contributed by atoms with Crippen LogP contribution in [0, 0.1) is 13.8 Å². The summed E-state index contributed by atoms with van der Waals surface area (Å²) in [5, 5.41) is 4.36. The topological polar surface area (TPSA) is 54.8 Å². The van der Waals surface area contributed by atoms with Crippen molar-refractivity contribution < 1.29 is 9.47 Å². The van der Waals surface area contributed by atoms with Crippen molar-refractivity contribution in [3.05, 3.63) is 71.3 Å². The molecular formula is C26H31N5O2S. The van der Waals surface area contributed by atoms with Crippen molar-refractivity contribution in [1.82, 2.24) is 24.7 Å². The third-order valence-corrected chi connectivity index (χ3v) is 6.96. The molecule has 0 unspecified atom stereocenters. The lowest BCUT2D eigenvalue weighted by Crippen LogP contribution is -2.32. The number of thiocarbonyl (C=S) groups is 1. The van der Waals surface area contributed by atoms with E-state index in [-0.39, 0.29) is 18.9 Å². The lowest BCUT2D eigenvalue weighted by molar-refractivity contribution is 0.174. The molecule has 5 rings (SSSR count). The Labute approximate surface area is 206 Å². The molecule has 34 heavy (non-hydrogen) atoms. The first kappa shape index (κ1) is 22.7. The van der Waals surface area contributed by atoms with Crippen LogP contribution in [0.3, 0.4) is 0 Å². The molecule has 8 heteroatoms. The average molecular weight is 478 g/mol. The van der Waals surface area contributed by atoms with Gasteiger partial charge in [0, 0.05) is 35.9 Å². The van der Waals surface area contributed by atoms with Crippen molar-refractivity contribution >= 4 is 17.3 Å². The van der Waals surface area contributed by atoms with Gasteiger partial charge in [-0.15, -0.1) is 0 Å². The van der Waals surface area contributed by atoms with Gasteiger partial charge in [0.25, 0.3) is 0 Å². The molecular weight excluding hydrogens is 446 g/mol. The van der Waals surface area contributed by atoms with Crippen molar-refractivity contribution in [3.63, 3.8) is 0 Å². The molecule has 0 saturated carbocycles. The van der Waals surface area contributed by atoms with E-state index in [1.807, 2.05) is 24.4 Å². The fourth-order valence-corrected chi connectivity index (χ4v) is 5.38. The number of benzene rings is 1. The van der Waals surface area contributed by atoms with E-state index in [4.69, 9.17) is 21.7 Å². The zero-order valence-corrected chi connectivity index (χ0v) is 20.9. The maximum Gasteiger partial charge on any atom is 0.231 e. The summed E-state index contributed by atoms with van der Waals surface area (Å²) in [5.74, 6) is 1.57. The highest BCUT2D eigenvalue weighted by atomic mass is 32.1. The Morgan fingerprint density at radius 1 is 1.12 bits per heavy atom. The van der Waals surface area contributed by atoms with Crippen LogP contribution in [-0.4, -0.2) is 58.4 Å². The van der Waals surface area contributed by atoms with Crippen molar-refractivity contribution in [2.45, 2.75) is 32.4 Å². The molecule has 2 aliphatic rings. The Kier molecular flexibility index (Phi) is 6.18. The van der Waals surface area contributed by atoms with E-state index < -0.39 is 0 Å². The molecule has 4 heterocycles. The van der Waals surface area contributed by atoms with E-state index in [1.54, 1.807) is 0 Å². The van der Waals surface area contributed by atoms with Crippen molar-refractivity contribution in [1.29, 1.82) is 0 Å². The van der Waals surface area contributed by atoms with Crippen LogP contribution in [0.2, 0.25) is 0 Å². The molecule has 1 fully saturated rings. The van der Waals surface area contributed by atoms with Crippen LogP contribution in [0.4, 0.5) is 0 Å². The smallest absolute Gasteiger partial charge is 0.231 e. The minimum Gasteiger partial charge on any atom is -0.454 e. The average Bonchev–Trinajstić information content (AvgIpc) is 3.49. The largest absolute Gasteiger partial charge is 0.454 e. The predicted octanol–water partition coefficient (Wildman–Crippen LogP) is 4.14. The molecule has 1 saturated heterocycles. The molecule has 2 aliphatic heterocycles. The summed E-state index contributed by atoms with van der Waals surface area (Å²) < 4.78 is 13.4. The molecule has 2 aromatic heterocycles. The van der Waals surface area contributed by atoms with Crippen molar-refractivity contribution in [2.75, 3.05) is 34.0 Å². The Morgan fingerprint density at radius 3 is 2.71 bits per heavy atom. The number of pyridine rings is 1. The Hall–Kier alpha value is -3.10. The number of nitrogens with one attached hydrogen (secondary N) is 1. The number of hydrogen-bond acceptors (Lipinski definition) is 5. The van der Waals surface area contributed by atoms with E-state index in [9.17, 15) is 0 Å². The van der Waals surface area contributed by atoms with Gasteiger partial charge in [0.15, 0.2) is 16.6 Å². The summed E-state index contributed by atoms with van der Waals surface area (Å²) in [6.45, 7) is 6.49. The summed E-state index contributed by atoms with van der Waals surface area (Å²) >= 11 is 5.84. The molecule has 7 nitrogen and oxygen atoms in total. The first-order chi connectivity index (χ1) is 16.4. The van der Waals surface area contributed by atoms with Gasteiger partial charge in [0.1, 0.15) is 0 Å². The molecule has 1 N–H and O–H groups in total. The molecule has 3 aromatic rings. The van der Waals surface area contributed by atoms with E-state index >= 15 is 0 Å². The summed E-state index contributed by atoms with van der Waals surface area (Å²) in [4.78, 5) is 9.22. The quantitative estimate of drug-likeness (QED) is 0.513. The first-order valence-corrected chi connectivity index (χ1v) is 12.1. The Bertz CT molecular complexity index is 1190. The second-order valence-corrected chi connectivity index (χ2v) is 9.56. The van der Waals surface area contributed by atoms with Crippen LogP contribution in [-0.2, 0) is 0 Å². The monoisotopic (exact) mass is 477 g/mol. The minimum atomic E-state index is -0.0150. The third kappa shape index (κ3) is 4.12. The second-order valence-electron chi connectivity index (χ2n) is 9.18. The molecule has 0 radical (unpaired) electrons. The molecule has 0 bridgehead atoms. The number of rotatable bonds is 7. The highest BCUT2D eigenvalue weighted by Crippen LogP contribution is 2.42. The molecule has 178 valence electrons. The number of aryl methyl sites for hydroxylation is 1. The zero-order valence-electron chi connectivity index (χ0n) is 20.1. The van der Waals surface area contributed by atoms with Crippen molar-refractivity contribution in [2.24, 2.45) is 0 Å². The normalized spacial score (nSPS) is 19.2. The third-order valence-electron chi connectivity index (χ3n) is 6.61. The lowest BCUT2D eigenvalue weighted by atomic mass is 9.96. The Morgan fingerprint density at radius 2 is 1.94 bits per heavy atom. The lowest BCUT2D eigenvalue weighted by Gasteiger charge is -2.28. The minimum absolute atomic E-state index is 0.0150. The summed E-state index contributed by atoms with van der Waals surface area (Å²) in [6, 6.07) is 14.5. The predicted molar refractivity (Wildman–Crippen MR) is 137 cm³/mol. The van der Waals surface area contributed by atoms with Crippen LogP contribution in [0.15, 0.2) is 48.7 Å². The molecule has 0 amide bonds. The van der Waals surface area contributed by atoms with Gasteiger partial charge in [-0.3, -0.25) is 4.98 Å². The summed E-state index contributed by atoms with van der Waals surface area (Å²) in [5.41, 5.74) is 5.66. The maximum absolute atomic E-state index is 5.84. The number of hydrogen-bond donors (Lipinski definition) is 1. The van der Waals surface area contributed by atoms with Crippen LogP contribution in [0.1, 0.15) is 41.1 Å². The number of ether oxygens (including phenoxy) is 2. The number of aromatic nitrogens is 2. The fraction of sp³-hybridized carbons (Fsp3) is 0.385. The van der Waals surface area contributed by atoms with Crippen LogP contribution >= 0.6 is 12.2 Å². The standard InChI is InChI=1S/C26H31N5O2S/c1-17-14-20(18(2)31(17)19-9-10-22-23(15-19)33-16-32-22)25-24(21-8-5-6-11-27-21)28-26(34)30(25)13-7-12-29(3)4/h5-6,8-11,14-15,24-25H,7,12-13,16H2,1-4H3,(H,28,34)/t24-,25+/m1/s1. The summed E-state index contributed by atoms with van der Waals surface area (Å²) in [7, 11) is 4.21. The first-order valence-electron chi connectivity index (χ1n) is 11.7. The van der Waals surface area contributed by atoms with Gasteiger partial charge >= 0.3 is 0 Å². The van der Waals surface area contributed by atoms with Gasteiger partial charge in [0.2, 0.25) is 6.79 Å². The molecule has 0 spiro atoms. The molecule has 2 atom stereocenters. The van der Waals surface area contributed by atoms with Gasteiger partial charge in [0.05, 0.1) is 17.8 Å². The SMILES string of the molecule is Cc1cc([C@H]2[C@@H](c3ccccn3)NC(=S)N2CCCN(C)C)c(C)n1-c1ccc2c(c1)OCO2. The highest BCUT2D eigenvalue weighted by Gasteiger charge is 2.41. The van der Waals surface area contributed by atoms with Gasteiger partial charge in [-0.25, -0.2) is 0 Å². The van der Waals surface area contributed by atoms with Gasteiger partial charge in [-0.1, -0.05) is 6.07 Å². The van der Waals surface area contributed by atoms with Crippen molar-refractivity contribution in [3.8, 4) is 17.2 Å². The van der Waals surface area contributed by atoms with E-state index in [0.717, 1.165) is 53.2 Å². The fourth-order valence-electron chi connectivity index (χ4n) is 5.05. The number of fused-ring (bicyclic) bond motifs is 1. The summed E-state index contributed by atoms with van der Waals surface area (Å²) in [6.07, 6.45) is 2.88. The maximum atomic E-state index is 5.84. The second kappa shape index (κ2) is 9.27. The van der Waals surface area contributed by atoms with Crippen LogP contribution < -0.4 is 14.8 Å². The van der Waals surface area contributed by atoms with Gasteiger partial charge < -0.3 is 29.2 Å². The van der Waals surface area contributed by atoms with E-state index in [2.05, 4.69) is 76.9 Å². The number of nitrogens with zero attached hydrogens (tertiary/aromatic N) is 4. The van der Waals surface area contributed by atoms with E-state index in [1.165, 1.54) is 11.3 Å². The zero-order chi connectivity index (χ0) is 23.8. The van der Waals surface area contributed by atoms with E-state index in [0.29, 0.717) is 0 Å². The van der Waals surface area contributed by atoms with Crippen LogP contribution in [0.25, 0.3) is 5.69 Å². The van der Waals surface area contributed by atoms with Gasteiger partial charge in [-0.2, -0.15) is 0 Å². The van der Waals surface area contributed by atoms with Gasteiger partial charge in [-0.05, 0) is 89.0 Å².